The van der Waals surface area contributed by atoms with Gasteiger partial charge in [-0.2, -0.15) is 0 Å². The van der Waals surface area contributed by atoms with Gasteiger partial charge in [0.25, 0.3) is 0 Å². The zero-order valence-corrected chi connectivity index (χ0v) is 41.2. The maximum absolute atomic E-state index is 6.47. The fraction of sp³-hybridized carbons (Fsp3) is 1.00. The quantitative estimate of drug-likeness (QED) is 0.0266. The molecule has 0 bridgehead atoms. The van der Waals surface area contributed by atoms with Crippen molar-refractivity contribution in [1.29, 1.82) is 0 Å². The van der Waals surface area contributed by atoms with Crippen molar-refractivity contribution in [1.82, 2.24) is 0 Å². The number of hydrogen-bond donors (Lipinski definition) is 0. The van der Waals surface area contributed by atoms with Crippen LogP contribution in [0.4, 0.5) is 0 Å². The van der Waals surface area contributed by atoms with Crippen LogP contribution in [0.15, 0.2) is 0 Å². The van der Waals surface area contributed by atoms with Crippen molar-refractivity contribution in [2.24, 2.45) is 0 Å². The molecule has 0 fully saturated rings. The normalized spacial score (nSPS) is 13.1. The number of hydrogen-bond acceptors (Lipinski definition) is 6. The van der Waals surface area contributed by atoms with Gasteiger partial charge in [-0.15, -0.1) is 0 Å². The van der Waals surface area contributed by atoms with E-state index >= 15 is 0 Å². The Morgan fingerprint density at radius 3 is 1.20 bits per heavy atom. The van der Waals surface area contributed by atoms with Crippen molar-refractivity contribution in [2.45, 2.75) is 223 Å². The molecule has 11 heteroatoms. The largest absolute Gasteiger partial charge is 0.500 e. The Morgan fingerprint density at radius 2 is 0.765 bits per heavy atom. The minimum Gasteiger partial charge on any atom is -0.456 e. The van der Waals surface area contributed by atoms with Crippen molar-refractivity contribution in [3.8, 4) is 0 Å². The summed E-state index contributed by atoms with van der Waals surface area (Å²) in [7, 11) is -0.102. The van der Waals surface area contributed by atoms with Crippen LogP contribution in [0.5, 0.6) is 0 Å². The smallest absolute Gasteiger partial charge is 0.456 e. The summed E-state index contributed by atoms with van der Waals surface area (Å²) in [6, 6.07) is 9.74. The van der Waals surface area contributed by atoms with E-state index in [0.717, 1.165) is 35.3 Å². The van der Waals surface area contributed by atoms with Crippen LogP contribution >= 0.6 is 0 Å². The summed E-state index contributed by atoms with van der Waals surface area (Å²) < 4.78 is 23.1. The van der Waals surface area contributed by atoms with Gasteiger partial charge in [-0.25, -0.2) is 9.78 Å². The van der Waals surface area contributed by atoms with Gasteiger partial charge in [-0.1, -0.05) is 172 Å². The molecule has 6 nitrogen and oxygen atoms in total. The van der Waals surface area contributed by atoms with Gasteiger partial charge in [0.2, 0.25) is 9.76 Å². The molecule has 0 unspecified atom stereocenters. The van der Waals surface area contributed by atoms with Crippen molar-refractivity contribution >= 4 is 43.0 Å². The first kappa shape index (κ1) is 51.8. The lowest BCUT2D eigenvalue weighted by Gasteiger charge is -2.29. The molecule has 0 heterocycles. The minimum atomic E-state index is -2.38. The highest BCUT2D eigenvalue weighted by Gasteiger charge is 2.36. The maximum Gasteiger partial charge on any atom is 0.500 e. The van der Waals surface area contributed by atoms with Crippen molar-refractivity contribution in [2.75, 3.05) is 34.5 Å². The van der Waals surface area contributed by atoms with Crippen LogP contribution in [0.25, 0.3) is 0 Å². The first-order chi connectivity index (χ1) is 24.4. The van der Waals surface area contributed by atoms with Gasteiger partial charge in [-0.3, -0.25) is 0 Å². The van der Waals surface area contributed by atoms with Crippen LogP contribution in [0.3, 0.4) is 0 Å². The molecule has 0 aromatic rings. The fourth-order valence-electron chi connectivity index (χ4n) is 7.03. The van der Waals surface area contributed by atoms with E-state index in [1.807, 2.05) is 6.92 Å². The zero-order valence-electron chi connectivity index (χ0n) is 36.2. The molecule has 0 spiro atoms. The average molecular weight is 808 g/mol. The highest BCUT2D eigenvalue weighted by atomic mass is 28.4. The summed E-state index contributed by atoms with van der Waals surface area (Å²) in [6.45, 7) is 18.9. The highest BCUT2D eigenvalue weighted by Crippen LogP contribution is 2.29. The number of rotatable bonds is 40. The van der Waals surface area contributed by atoms with E-state index in [0.29, 0.717) is 6.61 Å². The molecule has 0 aliphatic carbocycles. The predicted molar refractivity (Wildman–Crippen MR) is 234 cm³/mol. The molecule has 0 rings (SSSR count). The summed E-state index contributed by atoms with van der Waals surface area (Å²) >= 11 is 0. The molecule has 0 N–H and O–H groups in total. The third kappa shape index (κ3) is 32.8. The molecule has 0 aromatic heterocycles. The van der Waals surface area contributed by atoms with E-state index in [1.165, 1.54) is 134 Å². The minimum absolute atomic E-state index is 0.645. The van der Waals surface area contributed by atoms with Gasteiger partial charge < -0.3 is 17.4 Å². The molecular formula is C40H90O6Si5. The van der Waals surface area contributed by atoms with Crippen LogP contribution < -0.4 is 0 Å². The monoisotopic (exact) mass is 807 g/mol. The fourth-order valence-corrected chi connectivity index (χ4v) is 21.0. The molecule has 51 heavy (non-hydrogen) atoms. The first-order valence-corrected chi connectivity index (χ1v) is 34.7. The molecular weight excluding hydrogens is 717 g/mol. The Morgan fingerprint density at radius 1 is 0.392 bits per heavy atom. The van der Waals surface area contributed by atoms with Gasteiger partial charge in [0.1, 0.15) is 0 Å². The summed E-state index contributed by atoms with van der Waals surface area (Å²) in [5.74, 6) is 0. The van der Waals surface area contributed by atoms with Crippen molar-refractivity contribution < 1.29 is 27.2 Å². The van der Waals surface area contributed by atoms with E-state index in [-0.39, 0.29) is 0 Å². The second-order valence-corrected chi connectivity index (χ2v) is 36.9. The van der Waals surface area contributed by atoms with E-state index < -0.39 is 33.3 Å². The second kappa shape index (κ2) is 33.0. The van der Waals surface area contributed by atoms with Crippen LogP contribution in [0.1, 0.15) is 142 Å². The first-order valence-electron chi connectivity index (χ1n) is 21.7. The molecule has 0 aliphatic heterocycles. The third-order valence-corrected chi connectivity index (χ3v) is 25.8. The predicted octanol–water partition coefficient (Wildman–Crippen LogP) is 13.7. The zero-order chi connectivity index (χ0) is 38.2. The Hall–Kier alpha value is 0.844. The van der Waals surface area contributed by atoms with E-state index in [9.17, 15) is 0 Å². The average Bonchev–Trinajstić information content (AvgIpc) is 3.10. The summed E-state index contributed by atoms with van der Waals surface area (Å²) in [6.07, 6.45) is 28.5. The van der Waals surface area contributed by atoms with Gasteiger partial charge in [0.05, 0.1) is 13.2 Å². The third-order valence-electron chi connectivity index (χ3n) is 10.9. The van der Waals surface area contributed by atoms with Gasteiger partial charge in [0, 0.05) is 43.5 Å². The molecule has 0 saturated heterocycles. The summed E-state index contributed by atoms with van der Waals surface area (Å²) in [5.41, 5.74) is 0. The van der Waals surface area contributed by atoms with Crippen LogP contribution in [-0.2, 0) is 27.2 Å². The Bertz CT molecular complexity index is 747. The van der Waals surface area contributed by atoms with E-state index in [2.05, 4.69) is 39.3 Å². The summed E-state index contributed by atoms with van der Waals surface area (Å²) in [5, 5.41) is 0. The summed E-state index contributed by atoms with van der Waals surface area (Å²) in [4.78, 5) is 10.0. The van der Waals surface area contributed by atoms with Gasteiger partial charge in [-0.05, 0) is 44.9 Å². The lowest BCUT2D eigenvalue weighted by Crippen LogP contribution is -2.42. The Balaban J connectivity index is 3.69. The topological polar surface area (TPSA) is 55.4 Å². The molecule has 0 aromatic carbocycles. The van der Waals surface area contributed by atoms with Crippen molar-refractivity contribution in [3.05, 3.63) is 0 Å². The van der Waals surface area contributed by atoms with Gasteiger partial charge in [0.15, 0.2) is 8.32 Å². The van der Waals surface area contributed by atoms with Crippen LogP contribution in [0.2, 0.25) is 81.6 Å². The maximum atomic E-state index is 6.47. The number of unbranched alkanes of at least 4 members (excludes halogenated alkanes) is 18. The van der Waals surface area contributed by atoms with E-state index in [1.54, 1.807) is 45.5 Å². The van der Waals surface area contributed by atoms with Crippen LogP contribution in [0, 0.1) is 0 Å². The standard InChI is InChI=1S/C40H90O6Si5/c1-11-44-45-33-27-21-15-13-12-14-17-23-29-35-48(5,6)39-40-49(7,8)36-30-24-18-16-22-28-34-47-46-50(9,10)37-31-25-19-20-26-32-38-51(41-2,42-3)43-4/h11-40H2,1-10H3. The molecule has 0 amide bonds. The molecule has 306 valence electrons. The second-order valence-electron chi connectivity index (χ2n) is 17.5. The highest BCUT2D eigenvalue weighted by molar-refractivity contribution is 6.82. The SMILES string of the molecule is CCOOCCCCCCCCCCC[Si](C)(C)CC[Si](C)(C)CCCCCCCC[Si]O[Si](C)(C)CCCCCCCC[Si](OC)(OC)OC. The molecule has 0 atom stereocenters. The molecule has 2 radical (unpaired) electrons. The van der Waals surface area contributed by atoms with Crippen LogP contribution in [-0.4, -0.2) is 77.6 Å². The molecule has 0 aliphatic rings. The lowest BCUT2D eigenvalue weighted by molar-refractivity contribution is -0.291. The van der Waals surface area contributed by atoms with Crippen molar-refractivity contribution in [3.63, 3.8) is 0 Å². The van der Waals surface area contributed by atoms with E-state index in [4.69, 9.17) is 27.2 Å². The molecule has 0 saturated carbocycles. The Kier molecular flexibility index (Phi) is 33.6. The van der Waals surface area contributed by atoms with Gasteiger partial charge >= 0.3 is 8.80 Å². The lowest BCUT2D eigenvalue weighted by atomic mass is 10.1. The Labute approximate surface area is 326 Å².